The van der Waals surface area contributed by atoms with Crippen molar-refractivity contribution in [3.8, 4) is 0 Å². The maximum absolute atomic E-state index is 13.9. The van der Waals surface area contributed by atoms with Gasteiger partial charge in [-0.2, -0.15) is 0 Å². The smallest absolute Gasteiger partial charge is 0.339 e. The number of hydrogen-bond acceptors (Lipinski definition) is 4. The summed E-state index contributed by atoms with van der Waals surface area (Å²) >= 11 is 0.949. The maximum atomic E-state index is 13.9. The number of benzene rings is 2. The first-order chi connectivity index (χ1) is 12.8. The van der Waals surface area contributed by atoms with Crippen LogP contribution in [0.2, 0.25) is 0 Å². The van der Waals surface area contributed by atoms with E-state index in [1.165, 1.54) is 7.11 Å². The number of rotatable bonds is 6. The third-order valence-electron chi connectivity index (χ3n) is 3.54. The molecule has 27 heavy (non-hydrogen) atoms. The van der Waals surface area contributed by atoms with Crippen LogP contribution < -0.4 is 0 Å². The molecule has 0 aliphatic carbocycles. The van der Waals surface area contributed by atoms with Gasteiger partial charge in [0.1, 0.15) is 0 Å². The van der Waals surface area contributed by atoms with E-state index in [-0.39, 0.29) is 17.4 Å². The second-order valence-electron chi connectivity index (χ2n) is 5.73. The predicted octanol–water partition coefficient (Wildman–Crippen LogP) is 4.61. The number of carbonyl (C=O) groups is 1. The topological polar surface area (TPSA) is 29.5 Å². The zero-order valence-electron chi connectivity index (χ0n) is 14.9. The van der Waals surface area contributed by atoms with Crippen molar-refractivity contribution in [1.82, 2.24) is 4.90 Å². The van der Waals surface area contributed by atoms with Crippen LogP contribution >= 0.6 is 11.8 Å². The number of hydrogen-bond donors (Lipinski definition) is 0. The lowest BCUT2D eigenvalue weighted by atomic mass is 10.1. The van der Waals surface area contributed by atoms with E-state index >= 15 is 0 Å². The summed E-state index contributed by atoms with van der Waals surface area (Å²) in [5.41, 5.74) is 0.00113. The van der Waals surface area contributed by atoms with E-state index in [1.807, 2.05) is 0 Å². The molecule has 0 fully saturated rings. The van der Waals surface area contributed by atoms with Crippen LogP contribution in [0, 0.1) is 23.3 Å². The molecule has 0 aliphatic heterocycles. The third-order valence-corrected chi connectivity index (χ3v) is 4.64. The normalized spacial score (nSPS) is 11.4. The van der Waals surface area contributed by atoms with Crippen molar-refractivity contribution < 1.29 is 27.1 Å². The molecular weight excluding hydrogens is 382 g/mol. The van der Waals surface area contributed by atoms with E-state index in [2.05, 4.69) is 0 Å². The molecule has 3 nitrogen and oxygen atoms in total. The van der Waals surface area contributed by atoms with Crippen molar-refractivity contribution in [3.05, 3.63) is 70.9 Å². The molecule has 2 aromatic rings. The highest BCUT2D eigenvalue weighted by atomic mass is 32.2. The van der Waals surface area contributed by atoms with Crippen molar-refractivity contribution in [1.29, 1.82) is 0 Å². The summed E-state index contributed by atoms with van der Waals surface area (Å²) in [5.74, 6) is -6.74. The van der Waals surface area contributed by atoms with Crippen molar-refractivity contribution in [2.24, 2.45) is 0 Å². The van der Waals surface area contributed by atoms with Crippen LogP contribution in [-0.4, -0.2) is 32.1 Å². The van der Waals surface area contributed by atoms with E-state index < -0.39 is 34.8 Å². The SMILES string of the molecule is COC(=O)/C(=C/N(C)C)c1ccccc1SCc1c(F)c(F)cc(F)c1F. The van der Waals surface area contributed by atoms with Crippen LogP contribution in [-0.2, 0) is 15.3 Å². The molecule has 0 amide bonds. The van der Waals surface area contributed by atoms with Crippen LogP contribution in [0.4, 0.5) is 17.6 Å². The number of thioether (sulfide) groups is 1. The number of halogens is 4. The van der Waals surface area contributed by atoms with Crippen molar-refractivity contribution in [2.45, 2.75) is 10.6 Å². The summed E-state index contributed by atoms with van der Waals surface area (Å²) in [6, 6.07) is 6.82. The highest BCUT2D eigenvalue weighted by Gasteiger charge is 2.21. The fraction of sp³-hybridized carbons (Fsp3) is 0.211. The van der Waals surface area contributed by atoms with Gasteiger partial charge in [-0.3, -0.25) is 0 Å². The van der Waals surface area contributed by atoms with Gasteiger partial charge < -0.3 is 9.64 Å². The van der Waals surface area contributed by atoms with Gasteiger partial charge in [0.05, 0.1) is 12.7 Å². The van der Waals surface area contributed by atoms with Gasteiger partial charge in [0.2, 0.25) is 0 Å². The van der Waals surface area contributed by atoms with Gasteiger partial charge in [-0.25, -0.2) is 22.4 Å². The number of methoxy groups -OCH3 is 1. The minimum atomic E-state index is -1.46. The molecule has 0 bridgehead atoms. The largest absolute Gasteiger partial charge is 0.465 e. The first-order valence-electron chi connectivity index (χ1n) is 7.76. The van der Waals surface area contributed by atoms with Gasteiger partial charge in [-0.15, -0.1) is 11.8 Å². The molecule has 0 aliphatic rings. The summed E-state index contributed by atoms with van der Waals surface area (Å²) in [5, 5.41) is 0. The minimum Gasteiger partial charge on any atom is -0.465 e. The van der Waals surface area contributed by atoms with E-state index in [4.69, 9.17) is 4.74 Å². The van der Waals surface area contributed by atoms with Gasteiger partial charge in [-0.1, -0.05) is 18.2 Å². The molecule has 0 heterocycles. The second-order valence-corrected chi connectivity index (χ2v) is 6.75. The average Bonchev–Trinajstić information content (AvgIpc) is 2.64. The second kappa shape index (κ2) is 8.94. The molecule has 0 radical (unpaired) electrons. The highest BCUT2D eigenvalue weighted by Crippen LogP contribution is 2.33. The number of ether oxygens (including phenoxy) is 1. The Bertz CT molecular complexity index is 858. The maximum Gasteiger partial charge on any atom is 0.339 e. The summed E-state index contributed by atoms with van der Waals surface area (Å²) in [6.45, 7) is 0. The predicted molar refractivity (Wildman–Crippen MR) is 96.0 cm³/mol. The molecule has 0 spiro atoms. The van der Waals surface area contributed by atoms with E-state index in [0.29, 0.717) is 10.5 Å². The fourth-order valence-electron chi connectivity index (χ4n) is 2.31. The molecule has 0 unspecified atom stereocenters. The van der Waals surface area contributed by atoms with Crippen LogP contribution in [0.1, 0.15) is 11.1 Å². The Morgan fingerprint density at radius 1 is 1.11 bits per heavy atom. The third kappa shape index (κ3) is 4.82. The monoisotopic (exact) mass is 399 g/mol. The molecule has 0 aromatic heterocycles. The lowest BCUT2D eigenvalue weighted by molar-refractivity contribution is -0.133. The van der Waals surface area contributed by atoms with Crippen LogP contribution in [0.25, 0.3) is 5.57 Å². The van der Waals surface area contributed by atoms with Gasteiger partial charge in [0.25, 0.3) is 0 Å². The number of carbonyl (C=O) groups excluding carboxylic acids is 1. The summed E-state index contributed by atoms with van der Waals surface area (Å²) < 4.78 is 59.3. The Balaban J connectivity index is 2.42. The van der Waals surface area contributed by atoms with E-state index in [0.717, 1.165) is 11.8 Å². The first-order valence-corrected chi connectivity index (χ1v) is 8.75. The fourth-order valence-corrected chi connectivity index (χ4v) is 3.38. The van der Waals surface area contributed by atoms with Crippen molar-refractivity contribution in [3.63, 3.8) is 0 Å². The Morgan fingerprint density at radius 3 is 2.26 bits per heavy atom. The molecule has 0 N–H and O–H groups in total. The Morgan fingerprint density at radius 2 is 1.70 bits per heavy atom. The quantitative estimate of drug-likeness (QED) is 0.233. The number of esters is 1. The average molecular weight is 399 g/mol. The highest BCUT2D eigenvalue weighted by molar-refractivity contribution is 7.98. The van der Waals surface area contributed by atoms with Crippen LogP contribution in [0.15, 0.2) is 41.4 Å². The van der Waals surface area contributed by atoms with Gasteiger partial charge in [0, 0.05) is 48.1 Å². The summed E-state index contributed by atoms with van der Waals surface area (Å²) in [4.78, 5) is 14.3. The lowest BCUT2D eigenvalue weighted by Crippen LogP contribution is -2.10. The minimum absolute atomic E-state index is 0.169. The van der Waals surface area contributed by atoms with Crippen molar-refractivity contribution in [2.75, 3.05) is 21.2 Å². The zero-order chi connectivity index (χ0) is 20.1. The Labute approximate surface area is 158 Å². The molecule has 2 rings (SSSR count). The van der Waals surface area contributed by atoms with Crippen molar-refractivity contribution >= 4 is 23.3 Å². The molecular formula is C19H17F4NO2S. The Kier molecular flexibility index (Phi) is 6.90. The zero-order valence-corrected chi connectivity index (χ0v) is 15.7. The lowest BCUT2D eigenvalue weighted by Gasteiger charge is -2.14. The number of nitrogens with zero attached hydrogens (tertiary/aromatic N) is 1. The van der Waals surface area contributed by atoms with Gasteiger partial charge in [-0.05, 0) is 6.07 Å². The standard InChI is InChI=1S/C19H17F4NO2S/c1-24(2)9-12(19(25)26-3)11-6-4-5-7-16(11)27-10-13-17(22)14(20)8-15(21)18(13)23/h4-9H,10H2,1-3H3/b12-9+. The molecule has 0 atom stereocenters. The van der Waals surface area contributed by atoms with E-state index in [1.54, 1.807) is 49.5 Å². The Hall–Kier alpha value is -2.48. The van der Waals surface area contributed by atoms with Gasteiger partial charge >= 0.3 is 5.97 Å². The van der Waals surface area contributed by atoms with Crippen LogP contribution in [0.5, 0.6) is 0 Å². The molecule has 0 saturated carbocycles. The molecule has 8 heteroatoms. The molecule has 144 valence electrons. The first kappa shape index (κ1) is 20.8. The van der Waals surface area contributed by atoms with E-state index in [9.17, 15) is 22.4 Å². The van der Waals surface area contributed by atoms with Gasteiger partial charge in [0.15, 0.2) is 23.3 Å². The molecule has 0 saturated heterocycles. The molecule has 2 aromatic carbocycles. The summed E-state index contributed by atoms with van der Waals surface area (Å²) in [6.07, 6.45) is 1.55. The van der Waals surface area contributed by atoms with Crippen LogP contribution in [0.3, 0.4) is 0 Å². The summed E-state index contributed by atoms with van der Waals surface area (Å²) in [7, 11) is 4.68.